The maximum Gasteiger partial charge on any atom is 0.338 e. The second-order valence-electron chi connectivity index (χ2n) is 4.58. The lowest BCUT2D eigenvalue weighted by Crippen LogP contribution is -2.06. The molecule has 0 unspecified atom stereocenters. The molecule has 6 heteroatoms. The Labute approximate surface area is 142 Å². The Morgan fingerprint density at radius 1 is 1.17 bits per heavy atom. The van der Waals surface area contributed by atoms with E-state index in [-0.39, 0.29) is 6.61 Å². The lowest BCUT2D eigenvalue weighted by molar-refractivity contribution is 0.0472. The molecule has 5 nitrogen and oxygen atoms in total. The van der Waals surface area contributed by atoms with Gasteiger partial charge in [-0.3, -0.25) is 0 Å². The highest BCUT2D eigenvalue weighted by atomic mass is 79.9. The molecule has 0 radical (unpaired) electrons. The van der Waals surface area contributed by atoms with Gasteiger partial charge < -0.3 is 14.2 Å². The van der Waals surface area contributed by atoms with Gasteiger partial charge in [0.05, 0.1) is 31.4 Å². The monoisotopic (exact) mass is 375 g/mol. The van der Waals surface area contributed by atoms with Crippen molar-refractivity contribution in [2.45, 2.75) is 6.61 Å². The first-order chi connectivity index (χ1) is 11.1. The summed E-state index contributed by atoms with van der Waals surface area (Å²) in [4.78, 5) is 12.2. The van der Waals surface area contributed by atoms with Crippen LogP contribution in [-0.2, 0) is 11.3 Å². The Bertz CT molecular complexity index is 742. The third kappa shape index (κ3) is 4.02. The molecule has 118 valence electrons. The van der Waals surface area contributed by atoms with Gasteiger partial charge in [-0.25, -0.2) is 4.79 Å². The second kappa shape index (κ2) is 7.65. The molecular weight excluding hydrogens is 362 g/mol. The largest absolute Gasteiger partial charge is 0.495 e. The Morgan fingerprint density at radius 3 is 2.39 bits per heavy atom. The number of rotatable bonds is 5. The van der Waals surface area contributed by atoms with Crippen molar-refractivity contribution >= 4 is 21.9 Å². The van der Waals surface area contributed by atoms with E-state index < -0.39 is 5.97 Å². The van der Waals surface area contributed by atoms with Crippen LogP contribution in [0.15, 0.2) is 40.9 Å². The molecule has 0 aliphatic carbocycles. The summed E-state index contributed by atoms with van der Waals surface area (Å²) in [7, 11) is 3.00. The summed E-state index contributed by atoms with van der Waals surface area (Å²) in [6, 6.07) is 12.1. The number of methoxy groups -OCH3 is 2. The minimum atomic E-state index is -0.503. The third-order valence-electron chi connectivity index (χ3n) is 3.11. The highest BCUT2D eigenvalue weighted by Crippen LogP contribution is 2.35. The zero-order valence-corrected chi connectivity index (χ0v) is 14.2. The molecule has 2 aromatic carbocycles. The van der Waals surface area contributed by atoms with E-state index in [1.807, 2.05) is 6.07 Å². The van der Waals surface area contributed by atoms with Gasteiger partial charge in [0.2, 0.25) is 0 Å². The van der Waals surface area contributed by atoms with Crippen LogP contribution < -0.4 is 9.47 Å². The van der Waals surface area contributed by atoms with Gasteiger partial charge in [-0.2, -0.15) is 5.26 Å². The van der Waals surface area contributed by atoms with Gasteiger partial charge in [-0.15, -0.1) is 0 Å². The minimum Gasteiger partial charge on any atom is -0.495 e. The average molecular weight is 376 g/mol. The summed E-state index contributed by atoms with van der Waals surface area (Å²) >= 11 is 3.34. The molecule has 0 fully saturated rings. The number of benzene rings is 2. The number of hydrogen-bond donors (Lipinski definition) is 0. The fourth-order valence-electron chi connectivity index (χ4n) is 1.95. The number of nitrogens with zero attached hydrogens (tertiary/aromatic N) is 1. The summed E-state index contributed by atoms with van der Waals surface area (Å²) in [5.74, 6) is 0.446. The van der Waals surface area contributed by atoms with Crippen molar-refractivity contribution in [3.8, 4) is 17.6 Å². The molecule has 0 aliphatic rings. The van der Waals surface area contributed by atoms with Crippen molar-refractivity contribution in [2.24, 2.45) is 0 Å². The van der Waals surface area contributed by atoms with Crippen molar-refractivity contribution in [3.05, 3.63) is 57.6 Å². The maximum atomic E-state index is 12.2. The Kier molecular flexibility index (Phi) is 5.61. The van der Waals surface area contributed by atoms with Crippen LogP contribution in [-0.4, -0.2) is 20.2 Å². The molecule has 0 atom stereocenters. The highest BCUT2D eigenvalue weighted by Gasteiger charge is 2.15. The van der Waals surface area contributed by atoms with Gasteiger partial charge in [-0.1, -0.05) is 12.1 Å². The van der Waals surface area contributed by atoms with Gasteiger partial charge in [0.15, 0.2) is 0 Å². The standard InChI is InChI=1S/C17H14BrNO4/c1-21-14-7-13(8-15(22-2)16(14)18)17(20)23-10-12-5-3-4-11(6-12)9-19/h3-8H,10H2,1-2H3. The summed E-state index contributed by atoms with van der Waals surface area (Å²) in [6.07, 6.45) is 0. The van der Waals surface area contributed by atoms with Gasteiger partial charge in [0, 0.05) is 0 Å². The predicted molar refractivity (Wildman–Crippen MR) is 87.5 cm³/mol. The summed E-state index contributed by atoms with van der Waals surface area (Å²) in [6.45, 7) is 0.0784. The van der Waals surface area contributed by atoms with Crippen LogP contribution in [0.3, 0.4) is 0 Å². The number of carbonyl (C=O) groups is 1. The van der Waals surface area contributed by atoms with Gasteiger partial charge in [0.25, 0.3) is 0 Å². The van der Waals surface area contributed by atoms with E-state index in [0.29, 0.717) is 27.1 Å². The molecule has 0 saturated carbocycles. The normalized spacial score (nSPS) is 9.83. The van der Waals surface area contributed by atoms with Crippen LogP contribution in [0.25, 0.3) is 0 Å². The van der Waals surface area contributed by atoms with Crippen LogP contribution in [0.4, 0.5) is 0 Å². The Hall–Kier alpha value is -2.52. The van der Waals surface area contributed by atoms with Gasteiger partial charge in [-0.05, 0) is 45.8 Å². The molecular formula is C17H14BrNO4. The molecule has 2 rings (SSSR count). The van der Waals surface area contributed by atoms with E-state index in [9.17, 15) is 4.79 Å². The van der Waals surface area contributed by atoms with E-state index in [0.717, 1.165) is 5.56 Å². The number of ether oxygens (including phenoxy) is 3. The number of hydrogen-bond acceptors (Lipinski definition) is 5. The van der Waals surface area contributed by atoms with Gasteiger partial charge >= 0.3 is 5.97 Å². The molecule has 0 aromatic heterocycles. The molecule has 0 heterocycles. The van der Waals surface area contributed by atoms with Crippen LogP contribution in [0, 0.1) is 11.3 Å². The molecule has 0 spiro atoms. The molecule has 0 aliphatic heterocycles. The van der Waals surface area contributed by atoms with E-state index >= 15 is 0 Å². The number of esters is 1. The van der Waals surface area contributed by atoms with E-state index in [1.165, 1.54) is 14.2 Å². The molecule has 0 N–H and O–H groups in total. The van der Waals surface area contributed by atoms with Crippen molar-refractivity contribution in [1.82, 2.24) is 0 Å². The van der Waals surface area contributed by atoms with Gasteiger partial charge in [0.1, 0.15) is 22.6 Å². The van der Waals surface area contributed by atoms with Crippen molar-refractivity contribution in [1.29, 1.82) is 5.26 Å². The van der Waals surface area contributed by atoms with E-state index in [1.54, 1.807) is 36.4 Å². The fraction of sp³-hybridized carbons (Fsp3) is 0.176. The van der Waals surface area contributed by atoms with Crippen molar-refractivity contribution < 1.29 is 19.0 Å². The smallest absolute Gasteiger partial charge is 0.338 e. The lowest BCUT2D eigenvalue weighted by Gasteiger charge is -2.11. The van der Waals surface area contributed by atoms with E-state index in [4.69, 9.17) is 19.5 Å². The Balaban J connectivity index is 2.16. The lowest BCUT2D eigenvalue weighted by atomic mass is 10.1. The van der Waals surface area contributed by atoms with Crippen LogP contribution >= 0.6 is 15.9 Å². The number of halogens is 1. The van der Waals surface area contributed by atoms with Crippen LogP contribution in [0.1, 0.15) is 21.5 Å². The molecule has 0 bridgehead atoms. The fourth-order valence-corrected chi connectivity index (χ4v) is 2.50. The first kappa shape index (κ1) is 16.8. The zero-order valence-electron chi connectivity index (χ0n) is 12.6. The topological polar surface area (TPSA) is 68.5 Å². The average Bonchev–Trinajstić information content (AvgIpc) is 2.60. The third-order valence-corrected chi connectivity index (χ3v) is 3.89. The van der Waals surface area contributed by atoms with E-state index in [2.05, 4.69) is 15.9 Å². The summed E-state index contributed by atoms with van der Waals surface area (Å²) < 4.78 is 16.3. The quantitative estimate of drug-likeness (QED) is 0.745. The number of carbonyl (C=O) groups excluding carboxylic acids is 1. The summed E-state index contributed by atoms with van der Waals surface area (Å²) in [5.41, 5.74) is 1.58. The predicted octanol–water partition coefficient (Wildman–Crippen LogP) is 3.69. The van der Waals surface area contributed by atoms with Crippen LogP contribution in [0.2, 0.25) is 0 Å². The first-order valence-corrected chi connectivity index (χ1v) is 7.46. The molecule has 23 heavy (non-hydrogen) atoms. The highest BCUT2D eigenvalue weighted by molar-refractivity contribution is 9.10. The maximum absolute atomic E-state index is 12.2. The molecule has 0 amide bonds. The molecule has 0 saturated heterocycles. The first-order valence-electron chi connectivity index (χ1n) is 6.66. The summed E-state index contributed by atoms with van der Waals surface area (Å²) in [5, 5.41) is 8.87. The van der Waals surface area contributed by atoms with Crippen molar-refractivity contribution in [2.75, 3.05) is 14.2 Å². The SMILES string of the molecule is COc1cc(C(=O)OCc2cccc(C#N)c2)cc(OC)c1Br. The molecule has 2 aromatic rings. The minimum absolute atomic E-state index is 0.0784. The Morgan fingerprint density at radius 2 is 1.83 bits per heavy atom. The van der Waals surface area contributed by atoms with Crippen LogP contribution in [0.5, 0.6) is 11.5 Å². The second-order valence-corrected chi connectivity index (χ2v) is 5.38. The number of nitriles is 1. The van der Waals surface area contributed by atoms with Crippen molar-refractivity contribution in [3.63, 3.8) is 0 Å². The zero-order chi connectivity index (χ0) is 16.8.